The smallest absolute Gasteiger partial charge is 0.243 e. The summed E-state index contributed by atoms with van der Waals surface area (Å²) in [5.74, 6) is -1.28. The van der Waals surface area contributed by atoms with Crippen molar-refractivity contribution in [2.75, 3.05) is 19.7 Å². The molecule has 10 nitrogen and oxygen atoms in total. The van der Waals surface area contributed by atoms with Gasteiger partial charge in [0.1, 0.15) is 17.7 Å². The molecule has 2 heterocycles. The SMILES string of the molecule is CC(=O)NCC(=O)N1CCC[C@H]1C(=O)N[C@@H](Cc1ccccc1)C(=O)N[C@@H](CC1CCCCC1)C(=O)[C@@]1(C)CO1. The summed E-state index contributed by atoms with van der Waals surface area (Å²) < 4.78 is 5.43. The monoisotopic (exact) mass is 554 g/mol. The van der Waals surface area contributed by atoms with Gasteiger partial charge in [0.15, 0.2) is 5.78 Å². The number of epoxide rings is 1. The van der Waals surface area contributed by atoms with E-state index in [0.717, 1.165) is 31.2 Å². The van der Waals surface area contributed by atoms with Crippen molar-refractivity contribution in [3.8, 4) is 0 Å². The van der Waals surface area contributed by atoms with Crippen LogP contribution >= 0.6 is 0 Å². The van der Waals surface area contributed by atoms with Crippen LogP contribution in [0.5, 0.6) is 0 Å². The van der Waals surface area contributed by atoms with Gasteiger partial charge >= 0.3 is 0 Å². The van der Waals surface area contributed by atoms with Crippen LogP contribution in [0.4, 0.5) is 0 Å². The molecule has 218 valence electrons. The van der Waals surface area contributed by atoms with Crippen molar-refractivity contribution in [1.82, 2.24) is 20.9 Å². The Morgan fingerprint density at radius 1 is 0.975 bits per heavy atom. The Kier molecular flexibility index (Phi) is 9.95. The van der Waals surface area contributed by atoms with Gasteiger partial charge in [0, 0.05) is 19.9 Å². The molecule has 3 fully saturated rings. The first kappa shape index (κ1) is 29.7. The van der Waals surface area contributed by atoms with Gasteiger partial charge in [-0.25, -0.2) is 0 Å². The van der Waals surface area contributed by atoms with Crippen molar-refractivity contribution >= 4 is 29.4 Å². The normalized spacial score (nSPS) is 24.1. The number of amides is 4. The standard InChI is InChI=1S/C30H42N4O6/c1-20(35)31-18-26(36)34-15-9-14-25(34)29(39)33-24(17-22-12-7-4-8-13-22)28(38)32-23(27(37)30(2)19-40-30)16-21-10-5-3-6-11-21/h4,7-8,12-13,21,23-25H,3,5-6,9-11,14-19H2,1-2H3,(H,31,35)(H,32,38)(H,33,39)/t23-,24-,25-,30+/m0/s1. The van der Waals surface area contributed by atoms with E-state index in [1.165, 1.54) is 18.2 Å². The van der Waals surface area contributed by atoms with E-state index in [2.05, 4.69) is 16.0 Å². The second-order valence-electron chi connectivity index (χ2n) is 11.6. The summed E-state index contributed by atoms with van der Waals surface area (Å²) in [6, 6.07) is 7.02. The Hall–Kier alpha value is -3.27. The number of hydrogen-bond donors (Lipinski definition) is 3. The van der Waals surface area contributed by atoms with Gasteiger partial charge in [-0.1, -0.05) is 62.4 Å². The maximum atomic E-state index is 13.7. The molecule has 4 rings (SSSR count). The van der Waals surface area contributed by atoms with E-state index in [1.54, 1.807) is 6.92 Å². The number of benzene rings is 1. The number of Topliss-reactive ketones (excluding diaryl/α,β-unsaturated/α-hetero) is 1. The third kappa shape index (κ3) is 7.90. The highest BCUT2D eigenvalue weighted by atomic mass is 16.6. The summed E-state index contributed by atoms with van der Waals surface area (Å²) in [4.78, 5) is 66.0. The molecule has 1 aliphatic carbocycles. The Balaban J connectivity index is 1.48. The molecule has 10 heteroatoms. The molecule has 4 amide bonds. The quantitative estimate of drug-likeness (QED) is 0.336. The molecular weight excluding hydrogens is 512 g/mol. The van der Waals surface area contributed by atoms with Gasteiger partial charge in [0.25, 0.3) is 0 Å². The van der Waals surface area contributed by atoms with Gasteiger partial charge in [-0.05, 0) is 37.7 Å². The third-order valence-corrected chi connectivity index (χ3v) is 8.31. The average molecular weight is 555 g/mol. The minimum absolute atomic E-state index is 0.123. The van der Waals surface area contributed by atoms with Crippen molar-refractivity contribution in [1.29, 1.82) is 0 Å². The second kappa shape index (κ2) is 13.4. The van der Waals surface area contributed by atoms with E-state index < -0.39 is 35.5 Å². The highest BCUT2D eigenvalue weighted by Gasteiger charge is 2.50. The largest absolute Gasteiger partial charge is 0.361 e. The van der Waals surface area contributed by atoms with Gasteiger partial charge in [0.05, 0.1) is 19.2 Å². The van der Waals surface area contributed by atoms with E-state index in [4.69, 9.17) is 4.74 Å². The number of likely N-dealkylation sites (tertiary alicyclic amines) is 1. The average Bonchev–Trinajstić information content (AvgIpc) is 3.50. The summed E-state index contributed by atoms with van der Waals surface area (Å²) in [7, 11) is 0. The Labute approximate surface area is 236 Å². The van der Waals surface area contributed by atoms with Gasteiger partial charge in [-0.3, -0.25) is 24.0 Å². The number of ether oxygens (including phenoxy) is 1. The first-order valence-electron chi connectivity index (χ1n) is 14.5. The Bertz CT molecular complexity index is 1080. The lowest BCUT2D eigenvalue weighted by atomic mass is 9.82. The first-order chi connectivity index (χ1) is 19.2. The molecular formula is C30H42N4O6. The van der Waals surface area contributed by atoms with Crippen molar-refractivity contribution in [2.24, 2.45) is 5.92 Å². The summed E-state index contributed by atoms with van der Waals surface area (Å²) in [5.41, 5.74) is -0.00995. The fraction of sp³-hybridized carbons (Fsp3) is 0.633. The molecule has 0 radical (unpaired) electrons. The predicted molar refractivity (Wildman–Crippen MR) is 148 cm³/mol. The van der Waals surface area contributed by atoms with Crippen LogP contribution in [0, 0.1) is 5.92 Å². The molecule has 4 atom stereocenters. The van der Waals surface area contributed by atoms with Gasteiger partial charge in [-0.2, -0.15) is 0 Å². The van der Waals surface area contributed by atoms with Gasteiger partial charge in [0.2, 0.25) is 23.6 Å². The van der Waals surface area contributed by atoms with Crippen LogP contribution in [0.25, 0.3) is 0 Å². The van der Waals surface area contributed by atoms with Crippen LogP contribution in [0.2, 0.25) is 0 Å². The van der Waals surface area contributed by atoms with Gasteiger partial charge in [-0.15, -0.1) is 0 Å². The van der Waals surface area contributed by atoms with E-state index in [1.807, 2.05) is 30.3 Å². The lowest BCUT2D eigenvalue weighted by Crippen LogP contribution is -2.57. The molecule has 0 bridgehead atoms. The zero-order valence-corrected chi connectivity index (χ0v) is 23.6. The van der Waals surface area contributed by atoms with Crippen LogP contribution < -0.4 is 16.0 Å². The van der Waals surface area contributed by atoms with Crippen LogP contribution in [0.3, 0.4) is 0 Å². The lowest BCUT2D eigenvalue weighted by Gasteiger charge is -2.30. The number of carbonyl (C=O) groups excluding carboxylic acids is 5. The number of nitrogens with zero attached hydrogens (tertiary/aromatic N) is 1. The number of nitrogens with one attached hydrogen (secondary N) is 3. The second-order valence-corrected chi connectivity index (χ2v) is 11.6. The summed E-state index contributed by atoms with van der Waals surface area (Å²) in [5, 5.41) is 8.35. The molecule has 0 unspecified atom stereocenters. The number of carbonyl (C=O) groups is 5. The minimum Gasteiger partial charge on any atom is -0.361 e. The van der Waals surface area contributed by atoms with E-state index in [-0.39, 0.29) is 30.6 Å². The molecule has 1 aromatic rings. The highest BCUT2D eigenvalue weighted by Crippen LogP contribution is 2.33. The lowest BCUT2D eigenvalue weighted by molar-refractivity contribution is -0.140. The number of ketones is 1. The summed E-state index contributed by atoms with van der Waals surface area (Å²) in [6.45, 7) is 3.65. The third-order valence-electron chi connectivity index (χ3n) is 8.31. The maximum absolute atomic E-state index is 13.7. The molecule has 1 aromatic carbocycles. The van der Waals surface area contributed by atoms with Crippen molar-refractivity contribution in [2.45, 2.75) is 95.4 Å². The molecule has 0 spiro atoms. The first-order valence-corrected chi connectivity index (χ1v) is 14.5. The van der Waals surface area contributed by atoms with Crippen molar-refractivity contribution in [3.05, 3.63) is 35.9 Å². The van der Waals surface area contributed by atoms with Crippen molar-refractivity contribution < 1.29 is 28.7 Å². The topological polar surface area (TPSA) is 137 Å². The van der Waals surface area contributed by atoms with Gasteiger partial charge < -0.3 is 25.6 Å². The summed E-state index contributed by atoms with van der Waals surface area (Å²) >= 11 is 0. The molecule has 40 heavy (non-hydrogen) atoms. The minimum atomic E-state index is -0.933. The number of rotatable bonds is 12. The van der Waals surface area contributed by atoms with Crippen LogP contribution in [0.15, 0.2) is 30.3 Å². The van der Waals surface area contributed by atoms with E-state index in [0.29, 0.717) is 38.3 Å². The van der Waals surface area contributed by atoms with Crippen LogP contribution in [-0.2, 0) is 35.1 Å². The molecule has 0 aromatic heterocycles. The number of hydrogen-bond acceptors (Lipinski definition) is 6. The molecule has 2 saturated heterocycles. The Morgan fingerprint density at radius 2 is 1.68 bits per heavy atom. The maximum Gasteiger partial charge on any atom is 0.243 e. The van der Waals surface area contributed by atoms with E-state index in [9.17, 15) is 24.0 Å². The van der Waals surface area contributed by atoms with Crippen LogP contribution in [-0.4, -0.2) is 77.7 Å². The molecule has 2 aliphatic heterocycles. The molecule has 3 N–H and O–H groups in total. The van der Waals surface area contributed by atoms with Crippen molar-refractivity contribution in [3.63, 3.8) is 0 Å². The van der Waals surface area contributed by atoms with E-state index >= 15 is 0 Å². The highest BCUT2D eigenvalue weighted by molar-refractivity contribution is 5.98. The fourth-order valence-corrected chi connectivity index (χ4v) is 5.85. The summed E-state index contributed by atoms with van der Waals surface area (Å²) in [6.07, 6.45) is 7.42. The zero-order valence-electron chi connectivity index (χ0n) is 23.6. The van der Waals surface area contributed by atoms with Crippen LogP contribution in [0.1, 0.15) is 70.8 Å². The Morgan fingerprint density at radius 3 is 2.33 bits per heavy atom. The predicted octanol–water partition coefficient (Wildman–Crippen LogP) is 1.65. The fourth-order valence-electron chi connectivity index (χ4n) is 5.85. The molecule has 3 aliphatic rings. The zero-order chi connectivity index (χ0) is 28.7. The molecule has 1 saturated carbocycles.